The number of morpholine rings is 1. The zero-order valence-electron chi connectivity index (χ0n) is 13.3. The van der Waals surface area contributed by atoms with Crippen molar-refractivity contribution in [1.29, 1.82) is 5.26 Å². The SMILES string of the molecule is N#Cc1nc(-c2ccccc2F)oc1NCCCN1CCOCC1. The summed E-state index contributed by atoms with van der Waals surface area (Å²) in [6.07, 6.45) is 0.903. The standard InChI is InChI=1S/C17H19FN4O2/c18-14-5-2-1-4-13(14)16-21-15(12-19)17(24-16)20-6-3-7-22-8-10-23-11-9-22/h1-2,4-5,20H,3,6-11H2. The van der Waals surface area contributed by atoms with E-state index in [-0.39, 0.29) is 23.0 Å². The van der Waals surface area contributed by atoms with Crippen molar-refractivity contribution < 1.29 is 13.5 Å². The van der Waals surface area contributed by atoms with Gasteiger partial charge in [0.05, 0.1) is 18.8 Å². The molecule has 0 spiro atoms. The van der Waals surface area contributed by atoms with Gasteiger partial charge in [0.2, 0.25) is 17.5 Å². The van der Waals surface area contributed by atoms with Crippen LogP contribution < -0.4 is 5.32 Å². The van der Waals surface area contributed by atoms with Gasteiger partial charge in [-0.25, -0.2) is 4.39 Å². The number of aromatic nitrogens is 1. The molecule has 126 valence electrons. The van der Waals surface area contributed by atoms with Crippen molar-refractivity contribution >= 4 is 5.88 Å². The summed E-state index contributed by atoms with van der Waals surface area (Å²) in [7, 11) is 0. The molecule has 1 N–H and O–H groups in total. The Balaban J connectivity index is 1.59. The summed E-state index contributed by atoms with van der Waals surface area (Å²) in [6.45, 7) is 5.05. The first-order valence-electron chi connectivity index (χ1n) is 7.97. The number of hydrogen-bond acceptors (Lipinski definition) is 6. The lowest BCUT2D eigenvalue weighted by atomic mass is 10.2. The van der Waals surface area contributed by atoms with E-state index >= 15 is 0 Å². The molecule has 1 aromatic carbocycles. The van der Waals surface area contributed by atoms with Crippen LogP contribution in [0.25, 0.3) is 11.5 Å². The van der Waals surface area contributed by atoms with Gasteiger partial charge in [0.1, 0.15) is 11.9 Å². The van der Waals surface area contributed by atoms with Crippen LogP contribution in [-0.2, 0) is 4.74 Å². The minimum Gasteiger partial charge on any atom is -0.419 e. The minimum absolute atomic E-state index is 0.111. The van der Waals surface area contributed by atoms with Gasteiger partial charge < -0.3 is 14.5 Å². The average molecular weight is 330 g/mol. The van der Waals surface area contributed by atoms with Crippen LogP contribution in [0, 0.1) is 17.1 Å². The van der Waals surface area contributed by atoms with Gasteiger partial charge in [-0.05, 0) is 25.1 Å². The predicted molar refractivity (Wildman–Crippen MR) is 87.0 cm³/mol. The lowest BCUT2D eigenvalue weighted by Crippen LogP contribution is -2.37. The number of nitriles is 1. The molecule has 7 heteroatoms. The van der Waals surface area contributed by atoms with Crippen LogP contribution in [0.5, 0.6) is 0 Å². The zero-order chi connectivity index (χ0) is 16.8. The fourth-order valence-corrected chi connectivity index (χ4v) is 2.59. The Kier molecular flexibility index (Phi) is 5.41. The molecule has 0 unspecified atom stereocenters. The fourth-order valence-electron chi connectivity index (χ4n) is 2.59. The third-order valence-corrected chi connectivity index (χ3v) is 3.88. The summed E-state index contributed by atoms with van der Waals surface area (Å²) in [5, 5.41) is 12.3. The smallest absolute Gasteiger partial charge is 0.233 e. The monoisotopic (exact) mass is 330 g/mol. The predicted octanol–water partition coefficient (Wildman–Crippen LogP) is 2.49. The number of oxazole rings is 1. The number of rotatable bonds is 6. The molecule has 1 aliphatic rings. The molecular formula is C17H19FN4O2. The Morgan fingerprint density at radius 1 is 1.29 bits per heavy atom. The molecule has 0 saturated carbocycles. The Labute approximate surface area is 139 Å². The highest BCUT2D eigenvalue weighted by atomic mass is 19.1. The number of hydrogen-bond donors (Lipinski definition) is 1. The van der Waals surface area contributed by atoms with Crippen molar-refractivity contribution in [3.05, 3.63) is 35.8 Å². The number of halogens is 1. The quantitative estimate of drug-likeness (QED) is 0.820. The summed E-state index contributed by atoms with van der Waals surface area (Å²) in [4.78, 5) is 6.41. The number of nitrogens with one attached hydrogen (secondary N) is 1. The molecule has 3 rings (SSSR count). The Morgan fingerprint density at radius 3 is 2.83 bits per heavy atom. The maximum absolute atomic E-state index is 13.8. The van der Waals surface area contributed by atoms with Crippen LogP contribution in [0.2, 0.25) is 0 Å². The van der Waals surface area contributed by atoms with Gasteiger partial charge in [-0.2, -0.15) is 10.2 Å². The fraction of sp³-hybridized carbons (Fsp3) is 0.412. The Morgan fingerprint density at radius 2 is 2.08 bits per heavy atom. The van der Waals surface area contributed by atoms with E-state index in [0.717, 1.165) is 39.3 Å². The number of ether oxygens (including phenoxy) is 1. The van der Waals surface area contributed by atoms with Gasteiger partial charge in [-0.1, -0.05) is 12.1 Å². The topological polar surface area (TPSA) is 74.3 Å². The lowest BCUT2D eigenvalue weighted by molar-refractivity contribution is 0.0378. The molecule has 1 aliphatic heterocycles. The molecule has 0 amide bonds. The van der Waals surface area contributed by atoms with E-state index in [0.29, 0.717) is 6.54 Å². The first-order chi connectivity index (χ1) is 11.8. The van der Waals surface area contributed by atoms with Gasteiger partial charge in [0, 0.05) is 19.6 Å². The third-order valence-electron chi connectivity index (χ3n) is 3.88. The minimum atomic E-state index is -0.429. The van der Waals surface area contributed by atoms with Crippen LogP contribution in [0.1, 0.15) is 12.1 Å². The first-order valence-corrected chi connectivity index (χ1v) is 7.97. The van der Waals surface area contributed by atoms with E-state index in [4.69, 9.17) is 9.15 Å². The average Bonchev–Trinajstić information content (AvgIpc) is 3.03. The molecule has 0 radical (unpaired) electrons. The second-order valence-corrected chi connectivity index (χ2v) is 5.52. The highest BCUT2D eigenvalue weighted by Crippen LogP contribution is 2.27. The molecular weight excluding hydrogens is 311 g/mol. The maximum atomic E-state index is 13.8. The van der Waals surface area contributed by atoms with Gasteiger partial charge in [-0.3, -0.25) is 4.90 Å². The van der Waals surface area contributed by atoms with Crippen LogP contribution in [0.15, 0.2) is 28.7 Å². The van der Waals surface area contributed by atoms with Gasteiger partial charge in [0.25, 0.3) is 0 Å². The van der Waals surface area contributed by atoms with Crippen LogP contribution in [-0.4, -0.2) is 49.3 Å². The second-order valence-electron chi connectivity index (χ2n) is 5.52. The van der Waals surface area contributed by atoms with Gasteiger partial charge >= 0.3 is 0 Å². The molecule has 1 aromatic heterocycles. The van der Waals surface area contributed by atoms with Crippen LogP contribution in [0.3, 0.4) is 0 Å². The first kappa shape index (κ1) is 16.4. The Hall–Kier alpha value is -2.43. The highest BCUT2D eigenvalue weighted by Gasteiger charge is 2.17. The maximum Gasteiger partial charge on any atom is 0.233 e. The molecule has 24 heavy (non-hydrogen) atoms. The Bertz CT molecular complexity index is 720. The third kappa shape index (κ3) is 3.91. The number of nitrogens with zero attached hydrogens (tertiary/aromatic N) is 3. The molecule has 6 nitrogen and oxygen atoms in total. The normalized spacial score (nSPS) is 15.2. The zero-order valence-corrected chi connectivity index (χ0v) is 13.3. The summed E-state index contributed by atoms with van der Waals surface area (Å²) >= 11 is 0. The van der Waals surface area contributed by atoms with Crippen LogP contribution >= 0.6 is 0 Å². The highest BCUT2D eigenvalue weighted by molar-refractivity contribution is 5.59. The molecule has 0 atom stereocenters. The molecule has 0 aliphatic carbocycles. The number of benzene rings is 1. The van der Waals surface area contributed by atoms with Crippen molar-refractivity contribution in [3.8, 4) is 17.5 Å². The summed E-state index contributed by atoms with van der Waals surface area (Å²) in [5.74, 6) is -0.0276. The molecule has 2 aromatic rings. The van der Waals surface area contributed by atoms with E-state index in [1.807, 2.05) is 6.07 Å². The largest absolute Gasteiger partial charge is 0.419 e. The van der Waals surface area contributed by atoms with E-state index in [9.17, 15) is 9.65 Å². The van der Waals surface area contributed by atoms with E-state index in [1.54, 1.807) is 18.2 Å². The summed E-state index contributed by atoms with van der Waals surface area (Å²) < 4.78 is 24.7. The molecule has 2 heterocycles. The van der Waals surface area contributed by atoms with Crippen LogP contribution in [0.4, 0.5) is 10.3 Å². The number of anilines is 1. The molecule has 0 bridgehead atoms. The van der Waals surface area contributed by atoms with Crippen molar-refractivity contribution in [2.45, 2.75) is 6.42 Å². The van der Waals surface area contributed by atoms with Crippen molar-refractivity contribution in [2.75, 3.05) is 44.7 Å². The molecule has 1 fully saturated rings. The van der Waals surface area contributed by atoms with Gasteiger partial charge in [-0.15, -0.1) is 0 Å². The van der Waals surface area contributed by atoms with Crippen molar-refractivity contribution in [3.63, 3.8) is 0 Å². The van der Waals surface area contributed by atoms with Crippen molar-refractivity contribution in [1.82, 2.24) is 9.88 Å². The van der Waals surface area contributed by atoms with Crippen molar-refractivity contribution in [2.24, 2.45) is 0 Å². The summed E-state index contributed by atoms with van der Waals surface area (Å²) in [6, 6.07) is 8.18. The second kappa shape index (κ2) is 7.90. The van der Waals surface area contributed by atoms with E-state index < -0.39 is 5.82 Å². The molecule has 1 saturated heterocycles. The summed E-state index contributed by atoms with van der Waals surface area (Å²) in [5.41, 5.74) is 0.384. The van der Waals surface area contributed by atoms with E-state index in [2.05, 4.69) is 15.2 Å². The van der Waals surface area contributed by atoms with Gasteiger partial charge in [0.15, 0.2) is 0 Å². The lowest BCUT2D eigenvalue weighted by Gasteiger charge is -2.26. The van der Waals surface area contributed by atoms with E-state index in [1.165, 1.54) is 6.07 Å².